The number of esters is 2. The summed E-state index contributed by atoms with van der Waals surface area (Å²) in [5, 5.41) is 0. The van der Waals surface area contributed by atoms with E-state index in [-0.39, 0.29) is 11.5 Å². The Kier molecular flexibility index (Phi) is 5.91. The van der Waals surface area contributed by atoms with Gasteiger partial charge in [-0.25, -0.2) is 9.59 Å². The van der Waals surface area contributed by atoms with Crippen molar-refractivity contribution in [3.63, 3.8) is 0 Å². The van der Waals surface area contributed by atoms with Gasteiger partial charge in [0.15, 0.2) is 0 Å². The van der Waals surface area contributed by atoms with E-state index in [2.05, 4.69) is 0 Å². The zero-order valence-electron chi connectivity index (χ0n) is 15.4. The van der Waals surface area contributed by atoms with Gasteiger partial charge in [0.25, 0.3) is 0 Å². The Morgan fingerprint density at radius 1 is 0.607 bits per heavy atom. The quantitative estimate of drug-likeness (QED) is 0.474. The van der Waals surface area contributed by atoms with Crippen LogP contribution >= 0.6 is 0 Å². The summed E-state index contributed by atoms with van der Waals surface area (Å²) in [4.78, 5) is 24.8. The molecule has 0 saturated carbocycles. The third-order valence-corrected chi connectivity index (χ3v) is 3.88. The van der Waals surface area contributed by atoms with Crippen LogP contribution in [0.5, 0.6) is 23.0 Å². The lowest BCUT2D eigenvalue weighted by Crippen LogP contribution is -2.11. The van der Waals surface area contributed by atoms with E-state index in [1.54, 1.807) is 66.7 Å². The van der Waals surface area contributed by atoms with Gasteiger partial charge in [0.05, 0.1) is 14.2 Å². The SMILES string of the molecule is COc1ccccc1C(=O)Oc1cccc(OC(=O)c2ccccc2OC)c1. The van der Waals surface area contributed by atoms with Crippen LogP contribution in [0, 0.1) is 0 Å². The molecule has 0 aliphatic carbocycles. The molecule has 6 nitrogen and oxygen atoms in total. The molecule has 142 valence electrons. The summed E-state index contributed by atoms with van der Waals surface area (Å²) >= 11 is 0. The Balaban J connectivity index is 1.75. The normalized spacial score (nSPS) is 10.1. The van der Waals surface area contributed by atoms with E-state index >= 15 is 0 Å². The number of carbonyl (C=O) groups is 2. The van der Waals surface area contributed by atoms with Crippen molar-refractivity contribution in [2.24, 2.45) is 0 Å². The lowest BCUT2D eigenvalue weighted by Gasteiger charge is -2.10. The number of rotatable bonds is 6. The third-order valence-electron chi connectivity index (χ3n) is 3.88. The number of hydrogen-bond acceptors (Lipinski definition) is 6. The van der Waals surface area contributed by atoms with Crippen LogP contribution in [0.25, 0.3) is 0 Å². The topological polar surface area (TPSA) is 71.1 Å². The van der Waals surface area contributed by atoms with Gasteiger partial charge in [0.1, 0.15) is 34.1 Å². The highest BCUT2D eigenvalue weighted by Crippen LogP contribution is 2.25. The Labute approximate surface area is 162 Å². The fourth-order valence-corrected chi connectivity index (χ4v) is 2.55. The molecule has 0 heterocycles. The van der Waals surface area contributed by atoms with Crippen molar-refractivity contribution < 1.29 is 28.5 Å². The van der Waals surface area contributed by atoms with Crippen LogP contribution in [0.2, 0.25) is 0 Å². The van der Waals surface area contributed by atoms with Crippen LogP contribution in [0.4, 0.5) is 0 Å². The number of carbonyl (C=O) groups excluding carboxylic acids is 2. The molecule has 0 spiro atoms. The molecule has 0 bridgehead atoms. The van der Waals surface area contributed by atoms with Crippen molar-refractivity contribution in [2.75, 3.05) is 14.2 Å². The minimum atomic E-state index is -0.578. The Bertz CT molecular complexity index is 919. The maximum absolute atomic E-state index is 12.4. The molecular weight excluding hydrogens is 360 g/mol. The first-order chi connectivity index (χ1) is 13.6. The predicted octanol–water partition coefficient (Wildman–Crippen LogP) is 4.14. The second-order valence-corrected chi connectivity index (χ2v) is 5.65. The van der Waals surface area contributed by atoms with Crippen LogP contribution in [0.15, 0.2) is 72.8 Å². The molecule has 0 aromatic heterocycles. The van der Waals surface area contributed by atoms with E-state index in [1.807, 2.05) is 0 Å². The molecule has 0 fully saturated rings. The van der Waals surface area contributed by atoms with E-state index in [9.17, 15) is 9.59 Å². The summed E-state index contributed by atoms with van der Waals surface area (Å²) in [5.41, 5.74) is 0.586. The highest BCUT2D eigenvalue weighted by Gasteiger charge is 2.16. The smallest absolute Gasteiger partial charge is 0.347 e. The van der Waals surface area contributed by atoms with E-state index in [4.69, 9.17) is 18.9 Å². The second-order valence-electron chi connectivity index (χ2n) is 5.65. The Hall–Kier alpha value is -3.80. The molecule has 0 saturated heterocycles. The summed E-state index contributed by atoms with van der Waals surface area (Å²) in [5.74, 6) is 0.135. The van der Waals surface area contributed by atoms with Gasteiger partial charge in [-0.2, -0.15) is 0 Å². The summed E-state index contributed by atoms with van der Waals surface area (Å²) in [7, 11) is 2.95. The van der Waals surface area contributed by atoms with Crippen LogP contribution < -0.4 is 18.9 Å². The molecule has 0 aliphatic rings. The molecular formula is C22H18O6. The van der Waals surface area contributed by atoms with E-state index in [0.29, 0.717) is 22.6 Å². The fourth-order valence-electron chi connectivity index (χ4n) is 2.55. The maximum Gasteiger partial charge on any atom is 0.347 e. The zero-order chi connectivity index (χ0) is 19.9. The van der Waals surface area contributed by atoms with Gasteiger partial charge in [0.2, 0.25) is 0 Å². The molecule has 0 radical (unpaired) electrons. The predicted molar refractivity (Wildman–Crippen MR) is 102 cm³/mol. The summed E-state index contributed by atoms with van der Waals surface area (Å²) < 4.78 is 21.1. The Morgan fingerprint density at radius 3 is 1.46 bits per heavy atom. The van der Waals surface area contributed by atoms with Gasteiger partial charge in [-0.05, 0) is 36.4 Å². The summed E-state index contributed by atoms with van der Waals surface area (Å²) in [6.45, 7) is 0. The molecule has 0 amide bonds. The fraction of sp³-hybridized carbons (Fsp3) is 0.0909. The molecule has 3 aromatic rings. The van der Waals surface area contributed by atoms with E-state index in [0.717, 1.165) is 0 Å². The lowest BCUT2D eigenvalue weighted by atomic mass is 10.2. The maximum atomic E-state index is 12.4. The molecule has 3 rings (SSSR count). The molecule has 28 heavy (non-hydrogen) atoms. The van der Waals surface area contributed by atoms with Crippen molar-refractivity contribution in [3.8, 4) is 23.0 Å². The van der Waals surface area contributed by atoms with Crippen molar-refractivity contribution >= 4 is 11.9 Å². The van der Waals surface area contributed by atoms with Crippen molar-refractivity contribution in [1.82, 2.24) is 0 Å². The van der Waals surface area contributed by atoms with Crippen LogP contribution in [0.3, 0.4) is 0 Å². The second kappa shape index (κ2) is 8.73. The van der Waals surface area contributed by atoms with Crippen molar-refractivity contribution in [2.45, 2.75) is 0 Å². The van der Waals surface area contributed by atoms with Crippen LogP contribution in [-0.2, 0) is 0 Å². The van der Waals surface area contributed by atoms with Crippen molar-refractivity contribution in [3.05, 3.63) is 83.9 Å². The molecule has 3 aromatic carbocycles. The zero-order valence-corrected chi connectivity index (χ0v) is 15.4. The number of methoxy groups -OCH3 is 2. The standard InChI is InChI=1S/C22H18O6/c1-25-19-12-5-3-10-17(19)21(23)27-15-8-7-9-16(14-15)28-22(24)18-11-4-6-13-20(18)26-2/h3-14H,1-2H3. The van der Waals surface area contributed by atoms with Crippen molar-refractivity contribution in [1.29, 1.82) is 0 Å². The molecule has 0 unspecified atom stereocenters. The number of para-hydroxylation sites is 2. The van der Waals surface area contributed by atoms with E-state index in [1.165, 1.54) is 20.3 Å². The number of ether oxygens (including phenoxy) is 4. The molecule has 0 aliphatic heterocycles. The first-order valence-electron chi connectivity index (χ1n) is 8.43. The average Bonchev–Trinajstić information content (AvgIpc) is 2.73. The monoisotopic (exact) mass is 378 g/mol. The molecule has 6 heteroatoms. The highest BCUT2D eigenvalue weighted by atomic mass is 16.5. The minimum absolute atomic E-state index is 0.237. The van der Waals surface area contributed by atoms with Gasteiger partial charge >= 0.3 is 11.9 Å². The molecule has 0 N–H and O–H groups in total. The number of hydrogen-bond donors (Lipinski definition) is 0. The van der Waals surface area contributed by atoms with Crippen LogP contribution in [-0.4, -0.2) is 26.2 Å². The summed E-state index contributed by atoms with van der Waals surface area (Å²) in [6.07, 6.45) is 0. The van der Waals surface area contributed by atoms with Gasteiger partial charge in [-0.1, -0.05) is 30.3 Å². The Morgan fingerprint density at radius 2 is 1.04 bits per heavy atom. The van der Waals surface area contributed by atoms with Gasteiger partial charge in [-0.15, -0.1) is 0 Å². The third kappa shape index (κ3) is 4.29. The first-order valence-corrected chi connectivity index (χ1v) is 8.43. The average molecular weight is 378 g/mol. The van der Waals surface area contributed by atoms with Gasteiger partial charge in [-0.3, -0.25) is 0 Å². The molecule has 0 atom stereocenters. The number of benzene rings is 3. The van der Waals surface area contributed by atoms with E-state index < -0.39 is 11.9 Å². The first kappa shape index (κ1) is 19.0. The largest absolute Gasteiger partial charge is 0.496 e. The highest BCUT2D eigenvalue weighted by molar-refractivity contribution is 5.95. The van der Waals surface area contributed by atoms with Gasteiger partial charge in [0, 0.05) is 6.07 Å². The lowest BCUT2D eigenvalue weighted by molar-refractivity contribution is 0.0729. The summed E-state index contributed by atoms with van der Waals surface area (Å²) in [6, 6.07) is 19.7. The minimum Gasteiger partial charge on any atom is -0.496 e. The van der Waals surface area contributed by atoms with Crippen LogP contribution in [0.1, 0.15) is 20.7 Å². The van der Waals surface area contributed by atoms with Gasteiger partial charge < -0.3 is 18.9 Å².